The molecule has 3 aromatic carbocycles. The fraction of sp³-hybridized carbons (Fsp3) is 0.148. The third kappa shape index (κ3) is 4.75. The number of rotatable bonds is 5. The molecule has 0 saturated carbocycles. The van der Waals surface area contributed by atoms with E-state index in [1.807, 2.05) is 59.6 Å². The Morgan fingerprint density at radius 1 is 1.03 bits per heavy atom. The summed E-state index contributed by atoms with van der Waals surface area (Å²) in [6.45, 7) is 1.52. The molecule has 182 valence electrons. The Balaban J connectivity index is 1.61. The van der Waals surface area contributed by atoms with Crippen molar-refractivity contribution in [2.24, 2.45) is 5.10 Å². The molecule has 1 aliphatic rings. The van der Waals surface area contributed by atoms with Crippen LogP contribution in [0, 0.1) is 0 Å². The zero-order valence-electron chi connectivity index (χ0n) is 19.5. The number of carbonyl (C=O) groups is 1. The standard InChI is InChI=1S/C27H22Br2N4O2S/c1-16(34)33-25(14-24(30-33)18-12-22(28)27(35)23(29)13-18)21-15-32(19-6-4-3-5-7-19)31-26(21)17-8-10-20(36-2)11-9-17/h3-13,15,25,35H,14H2,1-2H3. The topological polar surface area (TPSA) is 70.7 Å². The second-order valence-electron chi connectivity index (χ2n) is 8.36. The van der Waals surface area contributed by atoms with Gasteiger partial charge >= 0.3 is 0 Å². The average molecular weight is 626 g/mol. The second-order valence-corrected chi connectivity index (χ2v) is 10.9. The van der Waals surface area contributed by atoms with Gasteiger partial charge < -0.3 is 5.11 Å². The highest BCUT2D eigenvalue weighted by Crippen LogP contribution is 2.40. The molecule has 6 nitrogen and oxygen atoms in total. The van der Waals surface area contributed by atoms with E-state index < -0.39 is 0 Å². The second kappa shape index (κ2) is 10.2. The van der Waals surface area contributed by atoms with Crippen molar-refractivity contribution in [3.8, 4) is 22.7 Å². The summed E-state index contributed by atoms with van der Waals surface area (Å²) in [5.74, 6) is -0.0273. The summed E-state index contributed by atoms with van der Waals surface area (Å²) >= 11 is 8.49. The van der Waals surface area contributed by atoms with E-state index in [-0.39, 0.29) is 17.7 Å². The number of thioether (sulfide) groups is 1. The van der Waals surface area contributed by atoms with Gasteiger partial charge in [0.15, 0.2) is 0 Å². The minimum Gasteiger partial charge on any atom is -0.506 e. The molecule has 0 radical (unpaired) electrons. The summed E-state index contributed by atoms with van der Waals surface area (Å²) in [5, 5.41) is 21.3. The van der Waals surface area contributed by atoms with Crippen LogP contribution in [0.4, 0.5) is 0 Å². The van der Waals surface area contributed by atoms with Crippen LogP contribution in [0.3, 0.4) is 0 Å². The van der Waals surface area contributed by atoms with Gasteiger partial charge in [-0.25, -0.2) is 9.69 Å². The van der Waals surface area contributed by atoms with Gasteiger partial charge in [-0.05, 0) is 74.5 Å². The first-order valence-electron chi connectivity index (χ1n) is 11.2. The number of carbonyl (C=O) groups excluding carboxylic acids is 1. The monoisotopic (exact) mass is 624 g/mol. The zero-order valence-corrected chi connectivity index (χ0v) is 23.5. The van der Waals surface area contributed by atoms with E-state index in [1.165, 1.54) is 16.8 Å². The predicted octanol–water partition coefficient (Wildman–Crippen LogP) is 7.19. The van der Waals surface area contributed by atoms with Gasteiger partial charge in [0, 0.05) is 41.1 Å². The molecule has 1 amide bonds. The molecule has 9 heteroatoms. The van der Waals surface area contributed by atoms with Crippen LogP contribution >= 0.6 is 43.6 Å². The Morgan fingerprint density at radius 2 is 1.69 bits per heavy atom. The highest BCUT2D eigenvalue weighted by molar-refractivity contribution is 9.11. The number of para-hydroxylation sites is 1. The Morgan fingerprint density at radius 3 is 2.31 bits per heavy atom. The molecule has 0 aliphatic carbocycles. The molecule has 0 spiro atoms. The van der Waals surface area contributed by atoms with Crippen LogP contribution in [-0.4, -0.2) is 37.8 Å². The van der Waals surface area contributed by atoms with Crippen molar-refractivity contribution in [2.75, 3.05) is 6.26 Å². The van der Waals surface area contributed by atoms with E-state index in [4.69, 9.17) is 10.2 Å². The van der Waals surface area contributed by atoms with Gasteiger partial charge in [-0.2, -0.15) is 10.2 Å². The molecule has 0 saturated heterocycles. The van der Waals surface area contributed by atoms with Crippen molar-refractivity contribution < 1.29 is 9.90 Å². The Bertz CT molecular complexity index is 1450. The largest absolute Gasteiger partial charge is 0.506 e. The van der Waals surface area contributed by atoms with E-state index in [0.29, 0.717) is 15.4 Å². The Kier molecular flexibility index (Phi) is 7.05. The van der Waals surface area contributed by atoms with Crippen molar-refractivity contribution in [1.82, 2.24) is 14.8 Å². The number of halogens is 2. The fourth-order valence-electron chi connectivity index (χ4n) is 4.27. The van der Waals surface area contributed by atoms with Gasteiger partial charge in [0.05, 0.1) is 32.1 Å². The number of aromatic nitrogens is 2. The average Bonchev–Trinajstić information content (AvgIpc) is 3.53. The van der Waals surface area contributed by atoms with Crippen molar-refractivity contribution in [2.45, 2.75) is 24.3 Å². The summed E-state index contributed by atoms with van der Waals surface area (Å²) in [6, 6.07) is 21.5. The molecule has 36 heavy (non-hydrogen) atoms. The quantitative estimate of drug-likeness (QED) is 0.238. The molecule has 1 aromatic heterocycles. The molecule has 1 unspecified atom stereocenters. The zero-order chi connectivity index (χ0) is 25.4. The maximum Gasteiger partial charge on any atom is 0.240 e. The lowest BCUT2D eigenvalue weighted by molar-refractivity contribution is -0.130. The number of hydrogen-bond donors (Lipinski definition) is 1. The maximum absolute atomic E-state index is 12.7. The first-order valence-corrected chi connectivity index (χ1v) is 14.0. The highest BCUT2D eigenvalue weighted by Gasteiger charge is 2.35. The Labute approximate surface area is 230 Å². The molecular formula is C27H22Br2N4O2S. The molecule has 0 fully saturated rings. The van der Waals surface area contributed by atoms with E-state index in [0.717, 1.165) is 33.8 Å². The van der Waals surface area contributed by atoms with Crippen molar-refractivity contribution in [3.63, 3.8) is 0 Å². The van der Waals surface area contributed by atoms with Crippen LogP contribution in [-0.2, 0) is 4.79 Å². The van der Waals surface area contributed by atoms with E-state index in [1.54, 1.807) is 11.8 Å². The minimum atomic E-state index is -0.323. The number of phenolic OH excluding ortho intramolecular Hbond substituents is 1. The first-order chi connectivity index (χ1) is 17.4. The molecule has 5 rings (SSSR count). The molecule has 1 N–H and O–H groups in total. The summed E-state index contributed by atoms with van der Waals surface area (Å²) < 4.78 is 2.97. The van der Waals surface area contributed by atoms with E-state index in [2.05, 4.69) is 56.1 Å². The molecule has 2 heterocycles. The normalized spacial score (nSPS) is 15.3. The number of hydrazone groups is 1. The maximum atomic E-state index is 12.7. The van der Waals surface area contributed by atoms with Crippen LogP contribution in [0.1, 0.15) is 30.5 Å². The lowest BCUT2D eigenvalue weighted by Crippen LogP contribution is -2.24. The number of phenols is 1. The minimum absolute atomic E-state index is 0.123. The molecule has 0 bridgehead atoms. The number of hydrogen-bond acceptors (Lipinski definition) is 5. The number of nitrogens with zero attached hydrogens (tertiary/aromatic N) is 4. The lowest BCUT2D eigenvalue weighted by atomic mass is 9.96. The third-order valence-electron chi connectivity index (χ3n) is 6.07. The summed E-state index contributed by atoms with van der Waals surface area (Å²) in [7, 11) is 0. The van der Waals surface area contributed by atoms with Crippen molar-refractivity contribution in [1.29, 1.82) is 0 Å². The van der Waals surface area contributed by atoms with Crippen LogP contribution in [0.2, 0.25) is 0 Å². The fourth-order valence-corrected chi connectivity index (χ4v) is 5.86. The van der Waals surface area contributed by atoms with Crippen LogP contribution in [0.25, 0.3) is 16.9 Å². The van der Waals surface area contributed by atoms with Crippen molar-refractivity contribution >= 4 is 55.2 Å². The van der Waals surface area contributed by atoms with Crippen molar-refractivity contribution in [3.05, 3.63) is 93.0 Å². The summed E-state index contributed by atoms with van der Waals surface area (Å²) in [5.41, 5.74) is 5.22. The van der Waals surface area contributed by atoms with Gasteiger partial charge in [0.1, 0.15) is 5.75 Å². The highest BCUT2D eigenvalue weighted by atomic mass is 79.9. The first kappa shape index (κ1) is 24.8. The molecule has 4 aromatic rings. The number of aromatic hydroxyl groups is 1. The lowest BCUT2D eigenvalue weighted by Gasteiger charge is -2.20. The SMILES string of the molecule is CSc1ccc(-c2nn(-c3ccccc3)cc2C2CC(c3cc(Br)c(O)c(Br)c3)=NN2C(C)=O)cc1. The molecular weight excluding hydrogens is 604 g/mol. The predicted molar refractivity (Wildman–Crippen MR) is 151 cm³/mol. The van der Waals surface area contributed by atoms with Gasteiger partial charge in [-0.15, -0.1) is 11.8 Å². The van der Waals surface area contributed by atoms with Gasteiger partial charge in [-0.1, -0.05) is 30.3 Å². The summed E-state index contributed by atoms with van der Waals surface area (Å²) in [4.78, 5) is 13.9. The van der Waals surface area contributed by atoms with Gasteiger partial charge in [0.25, 0.3) is 0 Å². The third-order valence-corrected chi connectivity index (χ3v) is 8.02. The van der Waals surface area contributed by atoms with Gasteiger partial charge in [0.2, 0.25) is 5.91 Å². The Hall–Kier alpha value is -2.88. The van der Waals surface area contributed by atoms with E-state index in [9.17, 15) is 9.90 Å². The molecule has 1 atom stereocenters. The summed E-state index contributed by atoms with van der Waals surface area (Å²) in [6.07, 6.45) is 4.56. The van der Waals surface area contributed by atoms with E-state index >= 15 is 0 Å². The van der Waals surface area contributed by atoms with Crippen LogP contribution < -0.4 is 0 Å². The molecule has 1 aliphatic heterocycles. The number of amides is 1. The smallest absolute Gasteiger partial charge is 0.240 e. The number of benzene rings is 3. The van der Waals surface area contributed by atoms with Crippen LogP contribution in [0.5, 0.6) is 5.75 Å². The van der Waals surface area contributed by atoms with Crippen LogP contribution in [0.15, 0.2) is 91.9 Å². The van der Waals surface area contributed by atoms with Gasteiger partial charge in [-0.3, -0.25) is 4.79 Å².